The zero-order valence-electron chi connectivity index (χ0n) is 51.5. The lowest BCUT2D eigenvalue weighted by Crippen LogP contribution is -2.30. The van der Waals surface area contributed by atoms with Gasteiger partial charge in [0.2, 0.25) is 0 Å². The van der Waals surface area contributed by atoms with Gasteiger partial charge < -0.3 is 14.2 Å². The van der Waals surface area contributed by atoms with E-state index in [4.69, 9.17) is 14.2 Å². The van der Waals surface area contributed by atoms with Gasteiger partial charge in [0.05, 0.1) is 0 Å². The van der Waals surface area contributed by atoms with Crippen LogP contribution in [0.5, 0.6) is 0 Å². The Hall–Kier alpha value is -2.89. The van der Waals surface area contributed by atoms with Gasteiger partial charge in [0, 0.05) is 19.3 Å². The molecule has 0 amide bonds. The van der Waals surface area contributed by atoms with Crippen LogP contribution in [0.3, 0.4) is 0 Å². The third kappa shape index (κ3) is 63.8. The van der Waals surface area contributed by atoms with Crippen LogP contribution in [0.4, 0.5) is 0 Å². The molecule has 0 aromatic rings. The Morgan fingerprint density at radius 3 is 0.805 bits per heavy atom. The van der Waals surface area contributed by atoms with E-state index < -0.39 is 6.10 Å². The Balaban J connectivity index is 3.96. The Labute approximate surface area is 479 Å². The molecule has 0 radical (unpaired) electrons. The molecule has 0 rings (SSSR count). The first-order chi connectivity index (χ1) is 38.0. The summed E-state index contributed by atoms with van der Waals surface area (Å²) < 4.78 is 16.8. The van der Waals surface area contributed by atoms with Crippen LogP contribution in [0.1, 0.15) is 355 Å². The smallest absolute Gasteiger partial charge is 0.306 e. The molecule has 1 unspecified atom stereocenters. The molecule has 0 spiro atoms. The molecule has 0 heterocycles. The van der Waals surface area contributed by atoms with E-state index in [1.54, 1.807) is 0 Å². The molecule has 0 saturated heterocycles. The lowest BCUT2D eigenvalue weighted by Gasteiger charge is -2.18. The maximum absolute atomic E-state index is 12.8. The van der Waals surface area contributed by atoms with Crippen molar-refractivity contribution in [1.82, 2.24) is 0 Å². The second kappa shape index (κ2) is 65.6. The van der Waals surface area contributed by atoms with E-state index in [1.165, 1.54) is 225 Å². The summed E-state index contributed by atoms with van der Waals surface area (Å²) in [4.78, 5) is 38.0. The highest BCUT2D eigenvalue weighted by atomic mass is 16.6. The summed E-state index contributed by atoms with van der Waals surface area (Å²) >= 11 is 0. The van der Waals surface area contributed by atoms with Gasteiger partial charge in [0.1, 0.15) is 13.2 Å². The number of ether oxygens (including phenoxy) is 3. The zero-order valence-corrected chi connectivity index (χ0v) is 51.5. The molecule has 1 atom stereocenters. The Bertz CT molecular complexity index is 1380. The lowest BCUT2D eigenvalue weighted by molar-refractivity contribution is -0.167. The molecule has 0 aliphatic carbocycles. The summed E-state index contributed by atoms with van der Waals surface area (Å²) in [6, 6.07) is 0. The van der Waals surface area contributed by atoms with Crippen LogP contribution >= 0.6 is 0 Å². The van der Waals surface area contributed by atoms with Crippen LogP contribution in [0.2, 0.25) is 0 Å². The van der Waals surface area contributed by atoms with Crippen molar-refractivity contribution in [2.75, 3.05) is 13.2 Å². The molecule has 0 aromatic heterocycles. The first-order valence-corrected chi connectivity index (χ1v) is 33.8. The van der Waals surface area contributed by atoms with Crippen molar-refractivity contribution in [2.45, 2.75) is 361 Å². The first kappa shape index (κ1) is 74.1. The third-order valence-corrected chi connectivity index (χ3v) is 15.0. The summed E-state index contributed by atoms with van der Waals surface area (Å²) in [5.41, 5.74) is 0. The van der Waals surface area contributed by atoms with Crippen LogP contribution in [-0.2, 0) is 28.6 Å². The van der Waals surface area contributed by atoms with Crippen molar-refractivity contribution in [1.29, 1.82) is 0 Å². The van der Waals surface area contributed by atoms with E-state index in [1.807, 2.05) is 0 Å². The van der Waals surface area contributed by atoms with Gasteiger partial charge in [-0.15, -0.1) is 0 Å². The second-order valence-electron chi connectivity index (χ2n) is 22.7. The number of carbonyl (C=O) groups excluding carboxylic acids is 3. The summed E-state index contributed by atoms with van der Waals surface area (Å²) in [6.07, 6.45) is 84.4. The van der Waals surface area contributed by atoms with Gasteiger partial charge in [-0.3, -0.25) is 14.4 Å². The van der Waals surface area contributed by atoms with E-state index in [9.17, 15) is 14.4 Å². The minimum Gasteiger partial charge on any atom is -0.462 e. The number of allylic oxidation sites excluding steroid dienone is 10. The predicted octanol–water partition coefficient (Wildman–Crippen LogP) is 23.1. The Morgan fingerprint density at radius 2 is 0.506 bits per heavy atom. The average molecular weight is 1080 g/mol. The van der Waals surface area contributed by atoms with E-state index >= 15 is 0 Å². The molecule has 448 valence electrons. The van der Waals surface area contributed by atoms with Gasteiger partial charge in [0.15, 0.2) is 6.10 Å². The van der Waals surface area contributed by atoms with Gasteiger partial charge in [-0.2, -0.15) is 0 Å². The quantitative estimate of drug-likeness (QED) is 0.0261. The van der Waals surface area contributed by atoms with Crippen LogP contribution in [-0.4, -0.2) is 37.2 Å². The SMILES string of the molecule is CC/C=C\C/C=C\C/C=C\C/C=C\CCCCCCCCCCCCCCC(=O)OC(COC(=O)CCCCCCC)COC(=O)CCCCCCCCCCCCCCCCCCC/C=C\CCCCCCCCCC. The fourth-order valence-corrected chi connectivity index (χ4v) is 9.96. The van der Waals surface area contributed by atoms with Crippen LogP contribution < -0.4 is 0 Å². The fraction of sp³-hybridized carbons (Fsp3) is 0.817. The highest BCUT2D eigenvalue weighted by Gasteiger charge is 2.19. The number of carbonyl (C=O) groups is 3. The molecule has 0 fully saturated rings. The number of rotatable bonds is 62. The average Bonchev–Trinajstić information content (AvgIpc) is 3.43. The molecule has 0 N–H and O–H groups in total. The van der Waals surface area contributed by atoms with Gasteiger partial charge in [0.25, 0.3) is 0 Å². The number of hydrogen-bond acceptors (Lipinski definition) is 6. The summed E-state index contributed by atoms with van der Waals surface area (Å²) in [6.45, 7) is 6.49. The van der Waals surface area contributed by atoms with E-state index in [-0.39, 0.29) is 31.1 Å². The monoisotopic (exact) mass is 1080 g/mol. The van der Waals surface area contributed by atoms with Crippen LogP contribution in [0, 0.1) is 0 Å². The highest BCUT2D eigenvalue weighted by molar-refractivity contribution is 5.71. The molecular formula is C71H128O6. The molecule has 0 saturated carbocycles. The predicted molar refractivity (Wildman–Crippen MR) is 335 cm³/mol. The topological polar surface area (TPSA) is 78.9 Å². The minimum absolute atomic E-state index is 0.0713. The molecule has 0 aliphatic rings. The van der Waals surface area contributed by atoms with Crippen molar-refractivity contribution in [3.63, 3.8) is 0 Å². The van der Waals surface area contributed by atoms with E-state index in [0.29, 0.717) is 19.3 Å². The summed E-state index contributed by atoms with van der Waals surface area (Å²) in [5, 5.41) is 0. The standard InChI is InChI=1S/C71H128O6/c1-4-7-10-13-15-17-19-21-23-25-27-29-31-33-34-35-36-38-39-41-43-45-47-49-51-53-55-58-61-64-70(73)76-67-68(66-75-69(72)63-60-57-12-9-6-3)77-71(74)65-62-59-56-54-52-50-48-46-44-42-40-37-32-30-28-26-24-22-20-18-16-14-11-8-5-2/h8,11,16,18,22,24-25,27-28,30,68H,4-7,9-10,12-15,17,19-21,23,26,29,31-67H2,1-3H3/b11-8-,18-16-,24-22-,27-25-,30-28-. The van der Waals surface area contributed by atoms with Crippen molar-refractivity contribution in [3.8, 4) is 0 Å². The Morgan fingerprint density at radius 1 is 0.273 bits per heavy atom. The lowest BCUT2D eigenvalue weighted by atomic mass is 10.0. The second-order valence-corrected chi connectivity index (χ2v) is 22.7. The maximum Gasteiger partial charge on any atom is 0.306 e. The number of hydrogen-bond donors (Lipinski definition) is 0. The minimum atomic E-state index is -0.771. The number of unbranched alkanes of at least 4 members (excludes halogenated alkanes) is 41. The van der Waals surface area contributed by atoms with Gasteiger partial charge >= 0.3 is 17.9 Å². The van der Waals surface area contributed by atoms with Crippen molar-refractivity contribution in [2.24, 2.45) is 0 Å². The van der Waals surface area contributed by atoms with E-state index in [2.05, 4.69) is 81.5 Å². The van der Waals surface area contributed by atoms with Crippen LogP contribution in [0.15, 0.2) is 60.8 Å². The molecule has 0 aliphatic heterocycles. The molecule has 6 heteroatoms. The first-order valence-electron chi connectivity index (χ1n) is 33.8. The molecule has 0 aromatic carbocycles. The Kier molecular flexibility index (Phi) is 63.2. The third-order valence-electron chi connectivity index (χ3n) is 15.0. The van der Waals surface area contributed by atoms with Crippen molar-refractivity contribution >= 4 is 17.9 Å². The number of esters is 3. The van der Waals surface area contributed by atoms with Crippen molar-refractivity contribution < 1.29 is 28.6 Å². The van der Waals surface area contributed by atoms with Crippen molar-refractivity contribution in [3.05, 3.63) is 60.8 Å². The molecule has 77 heavy (non-hydrogen) atoms. The molecule has 6 nitrogen and oxygen atoms in total. The normalized spacial score (nSPS) is 12.4. The molecule has 0 bridgehead atoms. The molecular weight excluding hydrogens is 949 g/mol. The van der Waals surface area contributed by atoms with Gasteiger partial charge in [-0.25, -0.2) is 0 Å². The van der Waals surface area contributed by atoms with Gasteiger partial charge in [-0.1, -0.05) is 313 Å². The zero-order chi connectivity index (χ0) is 55.7. The summed E-state index contributed by atoms with van der Waals surface area (Å²) in [7, 11) is 0. The van der Waals surface area contributed by atoms with Gasteiger partial charge in [-0.05, 0) is 83.5 Å². The maximum atomic E-state index is 12.8. The largest absolute Gasteiger partial charge is 0.462 e. The van der Waals surface area contributed by atoms with E-state index in [0.717, 1.165) is 89.9 Å². The highest BCUT2D eigenvalue weighted by Crippen LogP contribution is 2.18. The van der Waals surface area contributed by atoms with Crippen LogP contribution in [0.25, 0.3) is 0 Å². The summed E-state index contributed by atoms with van der Waals surface area (Å²) in [5.74, 6) is -0.870. The fourth-order valence-electron chi connectivity index (χ4n) is 9.96.